The molecule has 0 saturated heterocycles. The fourth-order valence-corrected chi connectivity index (χ4v) is 4.11. The monoisotopic (exact) mass is 536 g/mol. The van der Waals surface area contributed by atoms with Gasteiger partial charge in [-0.25, -0.2) is 0 Å². The molecular formula is C29H33BrN2O3. The van der Waals surface area contributed by atoms with E-state index in [1.54, 1.807) is 4.90 Å². The van der Waals surface area contributed by atoms with Gasteiger partial charge in [-0.15, -0.1) is 0 Å². The van der Waals surface area contributed by atoms with Gasteiger partial charge in [0.15, 0.2) is 6.61 Å². The molecule has 6 heteroatoms. The lowest BCUT2D eigenvalue weighted by atomic mass is 10.0. The second kappa shape index (κ2) is 13.1. The topological polar surface area (TPSA) is 58.6 Å². The number of amides is 2. The van der Waals surface area contributed by atoms with E-state index in [0.717, 1.165) is 33.1 Å². The molecule has 3 aromatic carbocycles. The largest absolute Gasteiger partial charge is 0.484 e. The van der Waals surface area contributed by atoms with Gasteiger partial charge < -0.3 is 15.0 Å². The van der Waals surface area contributed by atoms with E-state index in [4.69, 9.17) is 4.74 Å². The molecule has 0 aliphatic carbocycles. The minimum Gasteiger partial charge on any atom is -0.484 e. The number of hydrogen-bond acceptors (Lipinski definition) is 3. The molecule has 5 nitrogen and oxygen atoms in total. The minimum absolute atomic E-state index is 0.154. The van der Waals surface area contributed by atoms with Crippen molar-refractivity contribution in [2.45, 2.75) is 46.2 Å². The second-order valence-corrected chi connectivity index (χ2v) is 9.56. The van der Waals surface area contributed by atoms with Crippen LogP contribution in [0.2, 0.25) is 0 Å². The standard InChI is InChI=1S/C29H33BrN2O3/c1-4-15-31-29(34)27(18-23-10-6-5-7-11-23)32(19-24-12-8-9-21(2)16-24)28(33)20-35-25-13-14-26(30)22(3)17-25/h5-14,16-17,27H,4,15,18-20H2,1-3H3,(H,31,34). The highest BCUT2D eigenvalue weighted by Crippen LogP contribution is 2.22. The maximum absolute atomic E-state index is 13.6. The van der Waals surface area contributed by atoms with Gasteiger partial charge in [0.2, 0.25) is 5.91 Å². The van der Waals surface area contributed by atoms with Crippen LogP contribution < -0.4 is 10.1 Å². The maximum atomic E-state index is 13.6. The summed E-state index contributed by atoms with van der Waals surface area (Å²) >= 11 is 3.49. The molecule has 0 spiro atoms. The van der Waals surface area contributed by atoms with E-state index < -0.39 is 6.04 Å². The van der Waals surface area contributed by atoms with Gasteiger partial charge in [-0.3, -0.25) is 9.59 Å². The van der Waals surface area contributed by atoms with Crippen LogP contribution in [-0.2, 0) is 22.6 Å². The average Bonchev–Trinajstić information content (AvgIpc) is 2.86. The molecule has 3 rings (SSSR count). The number of ether oxygens (including phenoxy) is 1. The van der Waals surface area contributed by atoms with Crippen LogP contribution in [0.4, 0.5) is 0 Å². The fourth-order valence-electron chi connectivity index (χ4n) is 3.86. The predicted molar refractivity (Wildman–Crippen MR) is 143 cm³/mol. The molecule has 0 heterocycles. The number of nitrogens with zero attached hydrogens (tertiary/aromatic N) is 1. The molecule has 184 valence electrons. The lowest BCUT2D eigenvalue weighted by molar-refractivity contribution is -0.142. The molecule has 35 heavy (non-hydrogen) atoms. The molecule has 1 N–H and O–H groups in total. The van der Waals surface area contributed by atoms with Gasteiger partial charge in [0, 0.05) is 24.0 Å². The normalized spacial score (nSPS) is 11.5. The molecule has 2 amide bonds. The van der Waals surface area contributed by atoms with E-state index >= 15 is 0 Å². The first-order valence-electron chi connectivity index (χ1n) is 11.9. The first-order valence-corrected chi connectivity index (χ1v) is 12.7. The van der Waals surface area contributed by atoms with Gasteiger partial charge in [0.05, 0.1) is 0 Å². The Hall–Kier alpha value is -3.12. The Bertz CT molecular complexity index is 1130. The molecule has 0 fully saturated rings. The molecule has 0 saturated carbocycles. The summed E-state index contributed by atoms with van der Waals surface area (Å²) in [6.45, 7) is 6.72. The van der Waals surface area contributed by atoms with Crippen LogP contribution in [0.15, 0.2) is 77.3 Å². The highest BCUT2D eigenvalue weighted by molar-refractivity contribution is 9.10. The van der Waals surface area contributed by atoms with Crippen molar-refractivity contribution in [3.05, 3.63) is 99.5 Å². The Morgan fingerprint density at radius 2 is 1.71 bits per heavy atom. The maximum Gasteiger partial charge on any atom is 0.261 e. The lowest BCUT2D eigenvalue weighted by Gasteiger charge is -2.31. The number of aryl methyl sites for hydroxylation is 2. The summed E-state index contributed by atoms with van der Waals surface area (Å²) in [4.78, 5) is 28.5. The van der Waals surface area contributed by atoms with E-state index in [0.29, 0.717) is 25.3 Å². The number of carbonyl (C=O) groups is 2. The van der Waals surface area contributed by atoms with Crippen molar-refractivity contribution in [3.63, 3.8) is 0 Å². The van der Waals surface area contributed by atoms with Gasteiger partial charge in [0.1, 0.15) is 11.8 Å². The molecule has 1 unspecified atom stereocenters. The molecule has 1 atom stereocenters. The van der Waals surface area contributed by atoms with E-state index in [9.17, 15) is 9.59 Å². The molecule has 0 aromatic heterocycles. The zero-order chi connectivity index (χ0) is 25.2. The summed E-state index contributed by atoms with van der Waals surface area (Å²) in [5.41, 5.74) is 4.09. The molecule has 0 radical (unpaired) electrons. The first kappa shape index (κ1) is 26.5. The van der Waals surface area contributed by atoms with Crippen LogP contribution in [-0.4, -0.2) is 35.9 Å². The number of carbonyl (C=O) groups excluding carboxylic acids is 2. The van der Waals surface area contributed by atoms with Crippen molar-refractivity contribution in [1.29, 1.82) is 0 Å². The number of benzene rings is 3. The summed E-state index contributed by atoms with van der Waals surface area (Å²) in [5.74, 6) is 0.223. The van der Waals surface area contributed by atoms with Crippen LogP contribution in [0.5, 0.6) is 5.75 Å². The Balaban J connectivity index is 1.89. The van der Waals surface area contributed by atoms with Crippen LogP contribution in [0, 0.1) is 13.8 Å². The SMILES string of the molecule is CCCNC(=O)C(Cc1ccccc1)N(Cc1cccc(C)c1)C(=O)COc1ccc(Br)c(C)c1. The third-order valence-corrected chi connectivity index (χ3v) is 6.64. The first-order chi connectivity index (χ1) is 16.9. The molecular weight excluding hydrogens is 504 g/mol. The van der Waals surface area contributed by atoms with Gasteiger partial charge >= 0.3 is 0 Å². The number of nitrogens with one attached hydrogen (secondary N) is 1. The van der Waals surface area contributed by atoms with Gasteiger partial charge in [-0.1, -0.05) is 83.0 Å². The predicted octanol–water partition coefficient (Wildman–Crippen LogP) is 5.61. The highest BCUT2D eigenvalue weighted by Gasteiger charge is 2.30. The summed E-state index contributed by atoms with van der Waals surface area (Å²) in [7, 11) is 0. The van der Waals surface area contributed by atoms with E-state index in [1.165, 1.54) is 0 Å². The summed E-state index contributed by atoms with van der Waals surface area (Å²) in [5, 5.41) is 2.99. The zero-order valence-corrected chi connectivity index (χ0v) is 22.2. The van der Waals surface area contributed by atoms with Crippen LogP contribution in [0.3, 0.4) is 0 Å². The van der Waals surface area contributed by atoms with Gasteiger partial charge in [-0.05, 0) is 55.2 Å². The summed E-state index contributed by atoms with van der Waals surface area (Å²) in [6.07, 6.45) is 1.24. The van der Waals surface area contributed by atoms with Crippen molar-refractivity contribution in [2.24, 2.45) is 0 Å². The van der Waals surface area contributed by atoms with Crippen molar-refractivity contribution in [2.75, 3.05) is 13.2 Å². The van der Waals surface area contributed by atoms with Crippen molar-refractivity contribution in [3.8, 4) is 5.75 Å². The second-order valence-electron chi connectivity index (χ2n) is 8.71. The number of halogens is 1. The van der Waals surface area contributed by atoms with E-state index in [-0.39, 0.29) is 18.4 Å². The third-order valence-electron chi connectivity index (χ3n) is 5.75. The van der Waals surface area contributed by atoms with Crippen molar-refractivity contribution in [1.82, 2.24) is 10.2 Å². The molecule has 3 aromatic rings. The van der Waals surface area contributed by atoms with Gasteiger partial charge in [0.25, 0.3) is 5.91 Å². The molecule has 0 aliphatic rings. The van der Waals surface area contributed by atoms with Crippen LogP contribution in [0.1, 0.15) is 35.6 Å². The fraction of sp³-hybridized carbons (Fsp3) is 0.310. The minimum atomic E-state index is -0.660. The van der Waals surface area contributed by atoms with Crippen LogP contribution >= 0.6 is 15.9 Å². The Kier molecular flexibility index (Phi) is 9.91. The highest BCUT2D eigenvalue weighted by atomic mass is 79.9. The van der Waals surface area contributed by atoms with Crippen LogP contribution in [0.25, 0.3) is 0 Å². The van der Waals surface area contributed by atoms with E-state index in [2.05, 4.69) is 21.2 Å². The van der Waals surface area contributed by atoms with Crippen molar-refractivity contribution >= 4 is 27.7 Å². The Labute approximate surface area is 216 Å². The van der Waals surface area contributed by atoms with Crippen molar-refractivity contribution < 1.29 is 14.3 Å². The van der Waals surface area contributed by atoms with Gasteiger partial charge in [-0.2, -0.15) is 0 Å². The Morgan fingerprint density at radius 1 is 0.971 bits per heavy atom. The Morgan fingerprint density at radius 3 is 2.40 bits per heavy atom. The summed E-state index contributed by atoms with van der Waals surface area (Å²) in [6, 6.07) is 22.8. The zero-order valence-electron chi connectivity index (χ0n) is 20.6. The average molecular weight is 537 g/mol. The molecule has 0 aliphatic heterocycles. The third kappa shape index (κ3) is 7.96. The smallest absolute Gasteiger partial charge is 0.261 e. The number of rotatable bonds is 11. The lowest BCUT2D eigenvalue weighted by Crippen LogP contribution is -2.51. The summed E-state index contributed by atoms with van der Waals surface area (Å²) < 4.78 is 6.84. The van der Waals surface area contributed by atoms with E-state index in [1.807, 2.05) is 93.6 Å². The molecule has 0 bridgehead atoms. The quantitative estimate of drug-likeness (QED) is 0.346. The number of hydrogen-bond donors (Lipinski definition) is 1.